The first-order valence-corrected chi connectivity index (χ1v) is 7.08. The molecule has 0 atom stereocenters. The molecular formula is C18H15NO4. The van der Waals surface area contributed by atoms with Gasteiger partial charge in [-0.1, -0.05) is 18.2 Å². The molecule has 5 heteroatoms. The summed E-state index contributed by atoms with van der Waals surface area (Å²) in [5.41, 5.74) is 2.65. The number of nitrogens with zero attached hydrogens (tertiary/aromatic N) is 1. The van der Waals surface area contributed by atoms with Gasteiger partial charge in [-0.3, -0.25) is 4.79 Å². The van der Waals surface area contributed by atoms with Crippen LogP contribution in [0.2, 0.25) is 0 Å². The van der Waals surface area contributed by atoms with Crippen LogP contribution in [0.15, 0.2) is 54.7 Å². The van der Waals surface area contributed by atoms with Gasteiger partial charge in [-0.2, -0.15) is 0 Å². The van der Waals surface area contributed by atoms with Crippen molar-refractivity contribution in [3.05, 3.63) is 77.1 Å². The van der Waals surface area contributed by atoms with E-state index in [9.17, 15) is 14.7 Å². The first-order valence-electron chi connectivity index (χ1n) is 7.08. The number of aromatic nitrogens is 1. The smallest absolute Gasteiger partial charge is 0.337 e. The van der Waals surface area contributed by atoms with Crippen molar-refractivity contribution in [2.24, 2.45) is 0 Å². The number of benzene rings is 1. The second-order valence-corrected chi connectivity index (χ2v) is 5.07. The van der Waals surface area contributed by atoms with Crippen LogP contribution < -0.4 is 0 Å². The zero-order valence-electron chi connectivity index (χ0n) is 12.5. The minimum absolute atomic E-state index is 0.211. The van der Waals surface area contributed by atoms with Crippen LogP contribution in [-0.2, 0) is 11.3 Å². The van der Waals surface area contributed by atoms with Crippen LogP contribution in [-0.4, -0.2) is 28.4 Å². The number of fused-ring (bicyclic) bond motifs is 1. The van der Waals surface area contributed by atoms with E-state index in [4.69, 9.17) is 0 Å². The highest BCUT2D eigenvalue weighted by molar-refractivity contribution is 6.10. The highest BCUT2D eigenvalue weighted by Crippen LogP contribution is 2.20. The Morgan fingerprint density at radius 1 is 1.09 bits per heavy atom. The number of pyridine rings is 1. The molecule has 0 spiro atoms. The fourth-order valence-corrected chi connectivity index (χ4v) is 2.57. The molecule has 1 aromatic carbocycles. The number of carbonyl (C=O) groups excluding carboxylic acids is 2. The SMILES string of the molecule is COC(=O)c1ccc(C(=O)c2c(CO)cc3ccccn23)cc1. The second-order valence-electron chi connectivity index (χ2n) is 5.07. The summed E-state index contributed by atoms with van der Waals surface area (Å²) < 4.78 is 6.39. The van der Waals surface area contributed by atoms with E-state index in [0.717, 1.165) is 5.52 Å². The lowest BCUT2D eigenvalue weighted by molar-refractivity contribution is 0.0600. The molecule has 0 bridgehead atoms. The number of esters is 1. The molecule has 116 valence electrons. The molecule has 3 rings (SSSR count). The predicted molar refractivity (Wildman–Crippen MR) is 84.5 cm³/mol. The van der Waals surface area contributed by atoms with Gasteiger partial charge in [0.15, 0.2) is 0 Å². The minimum atomic E-state index is -0.451. The fourth-order valence-electron chi connectivity index (χ4n) is 2.57. The average molecular weight is 309 g/mol. The summed E-state index contributed by atoms with van der Waals surface area (Å²) in [6.45, 7) is -0.219. The summed E-state index contributed by atoms with van der Waals surface area (Å²) in [6.07, 6.45) is 1.78. The Kier molecular flexibility index (Phi) is 3.95. The molecule has 3 aromatic rings. The Hall–Kier alpha value is -2.92. The Morgan fingerprint density at radius 2 is 1.78 bits per heavy atom. The number of rotatable bonds is 4. The van der Waals surface area contributed by atoms with Crippen molar-refractivity contribution < 1.29 is 19.4 Å². The van der Waals surface area contributed by atoms with Crippen LogP contribution in [0, 0.1) is 0 Å². The molecule has 5 nitrogen and oxygen atoms in total. The largest absolute Gasteiger partial charge is 0.465 e. The third kappa shape index (κ3) is 2.62. The van der Waals surface area contributed by atoms with E-state index in [-0.39, 0.29) is 12.4 Å². The lowest BCUT2D eigenvalue weighted by Gasteiger charge is -2.06. The van der Waals surface area contributed by atoms with Gasteiger partial charge in [0, 0.05) is 22.8 Å². The summed E-state index contributed by atoms with van der Waals surface area (Å²) in [6, 6.07) is 13.6. The van der Waals surface area contributed by atoms with Gasteiger partial charge in [-0.25, -0.2) is 4.79 Å². The number of hydrogen-bond acceptors (Lipinski definition) is 4. The molecule has 0 unspecified atom stereocenters. The second kappa shape index (κ2) is 6.06. The maximum absolute atomic E-state index is 12.8. The van der Waals surface area contributed by atoms with Gasteiger partial charge in [-0.05, 0) is 30.3 Å². The van der Waals surface area contributed by atoms with Crippen LogP contribution in [0.25, 0.3) is 5.52 Å². The monoisotopic (exact) mass is 309 g/mol. The van der Waals surface area contributed by atoms with Gasteiger partial charge in [-0.15, -0.1) is 0 Å². The lowest BCUT2D eigenvalue weighted by Crippen LogP contribution is -2.09. The van der Waals surface area contributed by atoms with Gasteiger partial charge in [0.1, 0.15) is 0 Å². The van der Waals surface area contributed by atoms with E-state index < -0.39 is 5.97 Å². The molecule has 2 aromatic heterocycles. The molecule has 0 saturated heterocycles. The Labute approximate surface area is 132 Å². The third-order valence-electron chi connectivity index (χ3n) is 3.71. The van der Waals surface area contributed by atoms with Crippen molar-refractivity contribution in [2.45, 2.75) is 6.61 Å². The molecule has 0 aliphatic rings. The molecule has 2 heterocycles. The summed E-state index contributed by atoms with van der Waals surface area (Å²) in [5, 5.41) is 9.54. The summed E-state index contributed by atoms with van der Waals surface area (Å²) in [7, 11) is 1.31. The van der Waals surface area contributed by atoms with Crippen LogP contribution in [0.4, 0.5) is 0 Å². The first kappa shape index (κ1) is 15.0. The number of carbonyl (C=O) groups is 2. The zero-order chi connectivity index (χ0) is 16.4. The summed E-state index contributed by atoms with van der Waals surface area (Å²) >= 11 is 0. The van der Waals surface area contributed by atoms with Crippen molar-refractivity contribution in [3.63, 3.8) is 0 Å². The molecule has 1 N–H and O–H groups in total. The maximum atomic E-state index is 12.8. The summed E-state index contributed by atoms with van der Waals surface area (Å²) in [4.78, 5) is 24.3. The van der Waals surface area contributed by atoms with E-state index in [1.54, 1.807) is 40.9 Å². The quantitative estimate of drug-likeness (QED) is 0.594. The number of ketones is 1. The van der Waals surface area contributed by atoms with Crippen molar-refractivity contribution in [1.29, 1.82) is 0 Å². The molecule has 0 saturated carbocycles. The van der Waals surface area contributed by atoms with E-state index in [0.29, 0.717) is 22.4 Å². The van der Waals surface area contributed by atoms with Gasteiger partial charge in [0.25, 0.3) is 0 Å². The molecule has 0 radical (unpaired) electrons. The van der Waals surface area contributed by atoms with Crippen LogP contribution in [0.1, 0.15) is 32.0 Å². The third-order valence-corrected chi connectivity index (χ3v) is 3.71. The van der Waals surface area contributed by atoms with Gasteiger partial charge < -0.3 is 14.2 Å². The highest BCUT2D eigenvalue weighted by Gasteiger charge is 2.19. The Balaban J connectivity index is 2.05. The summed E-state index contributed by atoms with van der Waals surface area (Å²) in [5.74, 6) is -0.662. The van der Waals surface area contributed by atoms with Crippen LogP contribution in [0.5, 0.6) is 0 Å². The van der Waals surface area contributed by atoms with E-state index in [1.807, 2.05) is 18.2 Å². The molecule has 0 aliphatic heterocycles. The van der Waals surface area contributed by atoms with Gasteiger partial charge >= 0.3 is 5.97 Å². The molecule has 23 heavy (non-hydrogen) atoms. The number of hydrogen-bond donors (Lipinski definition) is 1. The number of aliphatic hydroxyl groups is 1. The number of aliphatic hydroxyl groups excluding tert-OH is 1. The minimum Gasteiger partial charge on any atom is -0.465 e. The van der Waals surface area contributed by atoms with Crippen LogP contribution in [0.3, 0.4) is 0 Å². The Bertz CT molecular complexity index is 878. The molecular weight excluding hydrogens is 294 g/mol. The number of methoxy groups -OCH3 is 1. The van der Waals surface area contributed by atoms with Crippen molar-refractivity contribution >= 4 is 17.3 Å². The fraction of sp³-hybridized carbons (Fsp3) is 0.111. The van der Waals surface area contributed by atoms with E-state index in [2.05, 4.69) is 4.74 Å². The standard InChI is InChI=1S/C18H15NO4/c1-23-18(22)13-7-5-12(6-8-13)17(21)16-14(11-20)10-15-4-2-3-9-19(15)16/h2-10,20H,11H2,1H3. The Morgan fingerprint density at radius 3 is 2.43 bits per heavy atom. The normalized spacial score (nSPS) is 10.7. The zero-order valence-corrected chi connectivity index (χ0v) is 12.5. The van der Waals surface area contributed by atoms with E-state index in [1.165, 1.54) is 7.11 Å². The van der Waals surface area contributed by atoms with Crippen molar-refractivity contribution in [2.75, 3.05) is 7.11 Å². The number of ether oxygens (including phenoxy) is 1. The molecule has 0 amide bonds. The van der Waals surface area contributed by atoms with Crippen molar-refractivity contribution in [1.82, 2.24) is 4.40 Å². The van der Waals surface area contributed by atoms with Crippen LogP contribution >= 0.6 is 0 Å². The highest BCUT2D eigenvalue weighted by atomic mass is 16.5. The van der Waals surface area contributed by atoms with Gasteiger partial charge in [0.2, 0.25) is 5.78 Å². The first-order chi connectivity index (χ1) is 11.2. The lowest BCUT2D eigenvalue weighted by atomic mass is 10.0. The molecule has 0 aliphatic carbocycles. The molecule has 0 fully saturated rings. The van der Waals surface area contributed by atoms with Crippen molar-refractivity contribution in [3.8, 4) is 0 Å². The topological polar surface area (TPSA) is 68.0 Å². The predicted octanol–water partition coefficient (Wildman–Crippen LogP) is 2.45. The average Bonchev–Trinajstić information content (AvgIpc) is 2.99. The van der Waals surface area contributed by atoms with E-state index >= 15 is 0 Å². The maximum Gasteiger partial charge on any atom is 0.337 e. The van der Waals surface area contributed by atoms with Gasteiger partial charge in [0.05, 0.1) is 25.0 Å².